The van der Waals surface area contributed by atoms with Crippen LogP contribution in [0.1, 0.15) is 30.9 Å². The third-order valence-electron chi connectivity index (χ3n) is 4.76. The highest BCUT2D eigenvalue weighted by Gasteiger charge is 2.48. The number of carbonyl (C=O) groups is 2. The fraction of sp³-hybridized carbons (Fsp3) is 0.238. The van der Waals surface area contributed by atoms with E-state index in [-0.39, 0.29) is 5.91 Å². The largest absolute Gasteiger partial charge is 0.426 e. The zero-order valence-electron chi connectivity index (χ0n) is 14.9. The fourth-order valence-corrected chi connectivity index (χ4v) is 3.48. The van der Waals surface area contributed by atoms with Gasteiger partial charge in [0.1, 0.15) is 0 Å². The number of rotatable bonds is 5. The molecule has 3 amide bonds. The predicted molar refractivity (Wildman–Crippen MR) is 104 cm³/mol. The lowest BCUT2D eigenvalue weighted by atomic mass is 9.99. The van der Waals surface area contributed by atoms with Crippen LogP contribution in [0.15, 0.2) is 59.6 Å². The average molecular weight is 349 g/mol. The molecule has 2 N–H and O–H groups in total. The van der Waals surface area contributed by atoms with Gasteiger partial charge in [0.05, 0.1) is 12.1 Å². The summed E-state index contributed by atoms with van der Waals surface area (Å²) >= 11 is 0. The standard InChI is InChI=1S/C21H22N3O2/c1-2-14-24(21(22)26)19-11-7-6-10-17(19)18(23-15-20(24)25)13-12-16-8-4-3-5-9-16/h3-11,15H,2,12-14H2,1H3,(H-,22,26)/p+1. The lowest BCUT2D eigenvalue weighted by Crippen LogP contribution is -2.61. The van der Waals surface area contributed by atoms with Gasteiger partial charge < -0.3 is 5.73 Å². The van der Waals surface area contributed by atoms with E-state index in [2.05, 4.69) is 17.1 Å². The highest BCUT2D eigenvalue weighted by atomic mass is 16.2. The van der Waals surface area contributed by atoms with Gasteiger partial charge in [-0.25, -0.2) is 9.59 Å². The third-order valence-corrected chi connectivity index (χ3v) is 4.76. The Labute approximate surface area is 153 Å². The van der Waals surface area contributed by atoms with Crippen molar-refractivity contribution in [2.24, 2.45) is 10.7 Å². The molecule has 1 atom stereocenters. The SMILES string of the molecule is CCC[N+]1(C(N)=O)C(=O)[CH]N=C(CCc2ccccc2)c2ccccc21. The zero-order valence-corrected chi connectivity index (χ0v) is 14.9. The number of benzodiazepines with no additional fused rings is 1. The van der Waals surface area contributed by atoms with Crippen LogP contribution in [-0.4, -0.2) is 24.2 Å². The minimum absolute atomic E-state index is 0.323. The molecule has 1 unspecified atom stereocenters. The summed E-state index contributed by atoms with van der Waals surface area (Å²) in [5.41, 5.74) is 9.15. The number of aryl methyl sites for hydroxylation is 1. The van der Waals surface area contributed by atoms with Gasteiger partial charge >= 0.3 is 11.9 Å². The van der Waals surface area contributed by atoms with Crippen LogP contribution in [0.3, 0.4) is 0 Å². The Kier molecular flexibility index (Phi) is 5.28. The maximum atomic E-state index is 12.9. The van der Waals surface area contributed by atoms with Crippen LogP contribution in [0.5, 0.6) is 0 Å². The Morgan fingerprint density at radius 1 is 1.04 bits per heavy atom. The number of carbonyl (C=O) groups excluding carboxylic acids is 2. The molecule has 0 aromatic heterocycles. The predicted octanol–water partition coefficient (Wildman–Crippen LogP) is 3.61. The first-order valence-corrected chi connectivity index (χ1v) is 8.86. The first-order chi connectivity index (χ1) is 12.6. The third kappa shape index (κ3) is 3.18. The first kappa shape index (κ1) is 18.0. The summed E-state index contributed by atoms with van der Waals surface area (Å²) in [6.45, 7) is 3.52. The van der Waals surface area contributed by atoms with E-state index in [0.717, 1.165) is 17.7 Å². The van der Waals surface area contributed by atoms with Crippen molar-refractivity contribution in [2.75, 3.05) is 6.54 Å². The van der Waals surface area contributed by atoms with Crippen LogP contribution in [-0.2, 0) is 11.2 Å². The van der Waals surface area contributed by atoms with Crippen LogP contribution in [0.2, 0.25) is 0 Å². The molecule has 5 nitrogen and oxygen atoms in total. The number of imide groups is 1. The van der Waals surface area contributed by atoms with Gasteiger partial charge in [0, 0.05) is 11.8 Å². The van der Waals surface area contributed by atoms with Crippen molar-refractivity contribution in [3.8, 4) is 0 Å². The van der Waals surface area contributed by atoms with E-state index in [0.29, 0.717) is 25.1 Å². The summed E-state index contributed by atoms with van der Waals surface area (Å²) in [7, 11) is 0. The summed E-state index contributed by atoms with van der Waals surface area (Å²) in [4.78, 5) is 29.7. The molecule has 5 heteroatoms. The van der Waals surface area contributed by atoms with Gasteiger partial charge in [-0.2, -0.15) is 0 Å². The number of benzene rings is 2. The van der Waals surface area contributed by atoms with Crippen molar-refractivity contribution in [2.45, 2.75) is 26.2 Å². The van der Waals surface area contributed by atoms with Gasteiger partial charge in [0.15, 0.2) is 5.69 Å². The first-order valence-electron chi connectivity index (χ1n) is 8.86. The van der Waals surface area contributed by atoms with Gasteiger partial charge in [-0.3, -0.25) is 4.99 Å². The molecule has 0 saturated carbocycles. The van der Waals surface area contributed by atoms with Crippen molar-refractivity contribution in [1.82, 2.24) is 4.48 Å². The fourth-order valence-electron chi connectivity index (χ4n) is 3.48. The molecule has 0 saturated heterocycles. The number of aliphatic imine (C=N–C) groups is 1. The second-order valence-electron chi connectivity index (χ2n) is 6.42. The molecular weight excluding hydrogens is 326 g/mol. The maximum Gasteiger partial charge on any atom is 0.426 e. The molecule has 1 radical (unpaired) electrons. The van der Waals surface area contributed by atoms with E-state index in [4.69, 9.17) is 5.73 Å². The Balaban J connectivity index is 2.02. The van der Waals surface area contributed by atoms with E-state index in [1.165, 1.54) is 12.1 Å². The Bertz CT molecular complexity index is 845. The van der Waals surface area contributed by atoms with Crippen molar-refractivity contribution in [3.05, 3.63) is 72.3 Å². The van der Waals surface area contributed by atoms with E-state index in [1.54, 1.807) is 0 Å². The minimum Gasteiger partial charge on any atom is -0.318 e. The van der Waals surface area contributed by atoms with Crippen molar-refractivity contribution < 1.29 is 9.59 Å². The molecule has 0 bridgehead atoms. The van der Waals surface area contributed by atoms with Gasteiger partial charge in [-0.1, -0.05) is 49.4 Å². The van der Waals surface area contributed by atoms with Crippen molar-refractivity contribution in [3.63, 3.8) is 0 Å². The number of para-hydroxylation sites is 1. The number of hydrogen-bond acceptors (Lipinski definition) is 3. The molecule has 1 heterocycles. The van der Waals surface area contributed by atoms with Crippen LogP contribution in [0.25, 0.3) is 0 Å². The normalized spacial score (nSPS) is 19.4. The second-order valence-corrected chi connectivity index (χ2v) is 6.42. The summed E-state index contributed by atoms with van der Waals surface area (Å²) in [5.74, 6) is -0.387. The molecule has 3 rings (SSSR count). The number of nitrogens with zero attached hydrogens (tertiary/aromatic N) is 2. The molecule has 0 aliphatic carbocycles. The molecular formula is C21H23N3O2+. The smallest absolute Gasteiger partial charge is 0.318 e. The Hall–Kier alpha value is -2.79. The minimum atomic E-state index is -0.667. The zero-order chi connectivity index (χ0) is 18.6. The van der Waals surface area contributed by atoms with Gasteiger partial charge in [-0.05, 0) is 30.9 Å². The molecule has 0 spiro atoms. The number of amides is 3. The van der Waals surface area contributed by atoms with Crippen molar-refractivity contribution in [1.29, 1.82) is 0 Å². The molecule has 2 aromatic rings. The van der Waals surface area contributed by atoms with Crippen LogP contribution in [0, 0.1) is 6.54 Å². The van der Waals surface area contributed by atoms with E-state index in [1.807, 2.05) is 49.4 Å². The molecule has 26 heavy (non-hydrogen) atoms. The molecule has 1 aliphatic heterocycles. The summed E-state index contributed by atoms with van der Waals surface area (Å²) in [6.07, 6.45) is 2.13. The summed E-state index contributed by atoms with van der Waals surface area (Å²) in [5, 5.41) is 0. The number of primary amides is 1. The number of fused-ring (bicyclic) bond motifs is 1. The Morgan fingerprint density at radius 3 is 2.42 bits per heavy atom. The highest BCUT2D eigenvalue weighted by molar-refractivity contribution is 6.18. The quantitative estimate of drug-likeness (QED) is 0.838. The molecule has 0 fully saturated rings. The number of quaternary nitrogens is 1. The number of nitrogens with two attached hydrogens (primary N) is 1. The summed E-state index contributed by atoms with van der Waals surface area (Å²) in [6, 6.07) is 16.9. The van der Waals surface area contributed by atoms with Crippen LogP contribution in [0.4, 0.5) is 10.5 Å². The van der Waals surface area contributed by atoms with Gasteiger partial charge in [0.2, 0.25) is 6.54 Å². The monoisotopic (exact) mass is 349 g/mol. The molecule has 1 aliphatic rings. The maximum absolute atomic E-state index is 12.9. The molecule has 133 valence electrons. The lowest BCUT2D eigenvalue weighted by molar-refractivity contribution is -0.124. The number of urea groups is 1. The van der Waals surface area contributed by atoms with E-state index >= 15 is 0 Å². The lowest BCUT2D eigenvalue weighted by Gasteiger charge is -2.30. The van der Waals surface area contributed by atoms with Crippen LogP contribution >= 0.6 is 0 Å². The van der Waals surface area contributed by atoms with E-state index in [9.17, 15) is 9.59 Å². The topological polar surface area (TPSA) is 72.5 Å². The van der Waals surface area contributed by atoms with Gasteiger partial charge in [-0.15, -0.1) is 4.48 Å². The van der Waals surface area contributed by atoms with Gasteiger partial charge in [0.25, 0.3) is 0 Å². The summed E-state index contributed by atoms with van der Waals surface area (Å²) < 4.78 is -0.509. The number of hydrogen-bond donors (Lipinski definition) is 1. The van der Waals surface area contributed by atoms with E-state index < -0.39 is 10.5 Å². The average Bonchev–Trinajstić information content (AvgIpc) is 2.77. The van der Waals surface area contributed by atoms with Crippen molar-refractivity contribution >= 4 is 23.3 Å². The second kappa shape index (κ2) is 7.62. The van der Waals surface area contributed by atoms with Crippen LogP contribution < -0.4 is 10.2 Å². The molecule has 2 aromatic carbocycles. The Morgan fingerprint density at radius 2 is 1.73 bits per heavy atom. The highest BCUT2D eigenvalue weighted by Crippen LogP contribution is 2.33.